The van der Waals surface area contributed by atoms with E-state index in [2.05, 4.69) is 12.2 Å². The second kappa shape index (κ2) is 6.28. The summed E-state index contributed by atoms with van der Waals surface area (Å²) >= 11 is 0. The topological polar surface area (TPSA) is 45.1 Å². The van der Waals surface area contributed by atoms with E-state index in [0.29, 0.717) is 0 Å². The summed E-state index contributed by atoms with van der Waals surface area (Å²) in [5.74, 6) is 0.848. The number of methoxy groups -OCH3 is 1. The minimum atomic E-state index is 0.0193. The molecule has 16 heavy (non-hydrogen) atoms. The van der Waals surface area contributed by atoms with Crippen molar-refractivity contribution in [1.29, 1.82) is 5.41 Å². The molecule has 1 aromatic rings. The van der Waals surface area contributed by atoms with Gasteiger partial charge in [-0.25, -0.2) is 0 Å². The van der Waals surface area contributed by atoms with Crippen LogP contribution in [0.2, 0.25) is 0 Å². The molecule has 0 radical (unpaired) electrons. The highest BCUT2D eigenvalue weighted by atomic mass is 16.5. The van der Waals surface area contributed by atoms with Gasteiger partial charge in [-0.3, -0.25) is 0 Å². The Morgan fingerprint density at radius 1 is 1.38 bits per heavy atom. The largest absolute Gasteiger partial charge is 0.497 e. The van der Waals surface area contributed by atoms with E-state index in [1.165, 1.54) is 0 Å². The van der Waals surface area contributed by atoms with E-state index < -0.39 is 0 Å². The van der Waals surface area contributed by atoms with Gasteiger partial charge in [0.2, 0.25) is 0 Å². The summed E-state index contributed by atoms with van der Waals surface area (Å²) in [6, 6.07) is 7.89. The first kappa shape index (κ1) is 12.7. The molecule has 1 rings (SSSR count). The SMILES string of the molecule is CCCC(=N)C(NC)c1ccc(OC)cc1. The summed E-state index contributed by atoms with van der Waals surface area (Å²) in [4.78, 5) is 0. The zero-order valence-corrected chi connectivity index (χ0v) is 10.2. The van der Waals surface area contributed by atoms with Crippen molar-refractivity contribution >= 4 is 5.71 Å². The van der Waals surface area contributed by atoms with Gasteiger partial charge in [-0.15, -0.1) is 0 Å². The quantitative estimate of drug-likeness (QED) is 0.724. The lowest BCUT2D eigenvalue weighted by Crippen LogP contribution is -2.24. The third kappa shape index (κ3) is 3.07. The molecule has 88 valence electrons. The van der Waals surface area contributed by atoms with Crippen LogP contribution in [0.4, 0.5) is 0 Å². The Bertz CT molecular complexity index is 332. The fourth-order valence-corrected chi connectivity index (χ4v) is 1.75. The predicted octanol–water partition coefficient (Wildman–Crippen LogP) is 2.78. The molecule has 0 aromatic heterocycles. The summed E-state index contributed by atoms with van der Waals surface area (Å²) in [5.41, 5.74) is 1.84. The average molecular weight is 220 g/mol. The summed E-state index contributed by atoms with van der Waals surface area (Å²) in [7, 11) is 3.54. The molecule has 0 aliphatic heterocycles. The first-order valence-electron chi connectivity index (χ1n) is 5.61. The molecule has 2 N–H and O–H groups in total. The molecular formula is C13H20N2O. The fourth-order valence-electron chi connectivity index (χ4n) is 1.75. The van der Waals surface area contributed by atoms with Crippen LogP contribution in [0.5, 0.6) is 5.75 Å². The van der Waals surface area contributed by atoms with Gasteiger partial charge in [0, 0.05) is 5.71 Å². The van der Waals surface area contributed by atoms with Crippen LogP contribution in [0, 0.1) is 5.41 Å². The van der Waals surface area contributed by atoms with Crippen LogP contribution in [0.25, 0.3) is 0 Å². The minimum absolute atomic E-state index is 0.0193. The molecular weight excluding hydrogens is 200 g/mol. The number of nitrogens with one attached hydrogen (secondary N) is 2. The molecule has 1 aromatic carbocycles. The van der Waals surface area contributed by atoms with Gasteiger partial charge >= 0.3 is 0 Å². The molecule has 3 heteroatoms. The highest BCUT2D eigenvalue weighted by Crippen LogP contribution is 2.19. The maximum absolute atomic E-state index is 7.99. The summed E-state index contributed by atoms with van der Waals surface area (Å²) in [6.45, 7) is 2.09. The van der Waals surface area contributed by atoms with Crippen molar-refractivity contribution in [3.8, 4) is 5.75 Å². The van der Waals surface area contributed by atoms with Crippen LogP contribution < -0.4 is 10.1 Å². The van der Waals surface area contributed by atoms with Gasteiger partial charge in [-0.05, 0) is 31.2 Å². The first-order valence-corrected chi connectivity index (χ1v) is 5.61. The Hall–Kier alpha value is -1.35. The van der Waals surface area contributed by atoms with Crippen LogP contribution in [0.3, 0.4) is 0 Å². The maximum atomic E-state index is 7.99. The molecule has 0 aliphatic carbocycles. The van der Waals surface area contributed by atoms with E-state index in [-0.39, 0.29) is 6.04 Å². The van der Waals surface area contributed by atoms with Gasteiger partial charge in [0.05, 0.1) is 13.2 Å². The standard InChI is InChI=1S/C13H20N2O/c1-4-5-12(14)13(15-2)10-6-8-11(16-3)9-7-10/h6-9,13-15H,4-5H2,1-3H3. The van der Waals surface area contributed by atoms with Gasteiger partial charge in [0.1, 0.15) is 5.75 Å². The van der Waals surface area contributed by atoms with Crippen LogP contribution in [-0.2, 0) is 0 Å². The predicted molar refractivity (Wildman–Crippen MR) is 67.4 cm³/mol. The summed E-state index contributed by atoms with van der Waals surface area (Å²) < 4.78 is 5.12. The molecule has 0 bridgehead atoms. The monoisotopic (exact) mass is 220 g/mol. The summed E-state index contributed by atoms with van der Waals surface area (Å²) in [5, 5.41) is 11.2. The van der Waals surface area contributed by atoms with E-state index in [1.807, 2.05) is 31.3 Å². The summed E-state index contributed by atoms with van der Waals surface area (Å²) in [6.07, 6.45) is 1.84. The van der Waals surface area contributed by atoms with Crippen LogP contribution in [0.1, 0.15) is 31.4 Å². The molecule has 0 saturated carbocycles. The Labute approximate surface area is 97.3 Å². The molecule has 3 nitrogen and oxygen atoms in total. The number of rotatable bonds is 6. The zero-order chi connectivity index (χ0) is 12.0. The van der Waals surface area contributed by atoms with Gasteiger partial charge in [-0.2, -0.15) is 0 Å². The van der Waals surface area contributed by atoms with E-state index in [4.69, 9.17) is 10.1 Å². The molecule has 0 spiro atoms. The van der Waals surface area contributed by atoms with E-state index in [0.717, 1.165) is 29.9 Å². The van der Waals surface area contributed by atoms with E-state index in [1.54, 1.807) is 7.11 Å². The number of hydrogen-bond donors (Lipinski definition) is 2. The van der Waals surface area contributed by atoms with E-state index >= 15 is 0 Å². The van der Waals surface area contributed by atoms with Crippen molar-refractivity contribution in [1.82, 2.24) is 5.32 Å². The van der Waals surface area contributed by atoms with Crippen LogP contribution in [0.15, 0.2) is 24.3 Å². The average Bonchev–Trinajstić information content (AvgIpc) is 2.31. The van der Waals surface area contributed by atoms with Crippen molar-refractivity contribution in [3.05, 3.63) is 29.8 Å². The Morgan fingerprint density at radius 3 is 2.44 bits per heavy atom. The lowest BCUT2D eigenvalue weighted by Gasteiger charge is -2.17. The normalized spacial score (nSPS) is 12.2. The third-order valence-corrected chi connectivity index (χ3v) is 2.61. The molecule has 0 amide bonds. The molecule has 0 heterocycles. The molecule has 0 aliphatic rings. The smallest absolute Gasteiger partial charge is 0.118 e. The first-order chi connectivity index (χ1) is 7.72. The molecule has 1 unspecified atom stereocenters. The Balaban J connectivity index is 2.82. The molecule has 0 fully saturated rings. The number of hydrogen-bond acceptors (Lipinski definition) is 3. The van der Waals surface area contributed by atoms with Crippen LogP contribution >= 0.6 is 0 Å². The highest BCUT2D eigenvalue weighted by molar-refractivity contribution is 5.87. The van der Waals surface area contributed by atoms with Crippen LogP contribution in [-0.4, -0.2) is 19.9 Å². The fraction of sp³-hybridized carbons (Fsp3) is 0.462. The van der Waals surface area contributed by atoms with Crippen molar-refractivity contribution < 1.29 is 4.74 Å². The maximum Gasteiger partial charge on any atom is 0.118 e. The number of benzene rings is 1. The lowest BCUT2D eigenvalue weighted by molar-refractivity contribution is 0.414. The van der Waals surface area contributed by atoms with Gasteiger partial charge < -0.3 is 15.5 Å². The second-order valence-corrected chi connectivity index (χ2v) is 3.77. The van der Waals surface area contributed by atoms with Gasteiger partial charge in [0.15, 0.2) is 0 Å². The van der Waals surface area contributed by atoms with Crippen molar-refractivity contribution in [2.24, 2.45) is 0 Å². The third-order valence-electron chi connectivity index (χ3n) is 2.61. The van der Waals surface area contributed by atoms with Crippen molar-refractivity contribution in [3.63, 3.8) is 0 Å². The number of ether oxygens (including phenoxy) is 1. The van der Waals surface area contributed by atoms with Crippen molar-refractivity contribution in [2.45, 2.75) is 25.8 Å². The lowest BCUT2D eigenvalue weighted by atomic mass is 9.99. The Kier molecular flexibility index (Phi) is 4.99. The van der Waals surface area contributed by atoms with E-state index in [9.17, 15) is 0 Å². The molecule has 0 saturated heterocycles. The van der Waals surface area contributed by atoms with Gasteiger partial charge in [-0.1, -0.05) is 25.5 Å². The van der Waals surface area contributed by atoms with Crippen molar-refractivity contribution in [2.75, 3.05) is 14.2 Å². The minimum Gasteiger partial charge on any atom is -0.497 e. The second-order valence-electron chi connectivity index (χ2n) is 3.77. The zero-order valence-electron chi connectivity index (χ0n) is 10.2. The molecule has 1 atom stereocenters. The Morgan fingerprint density at radius 2 is 2.00 bits per heavy atom. The highest BCUT2D eigenvalue weighted by Gasteiger charge is 2.13. The van der Waals surface area contributed by atoms with Gasteiger partial charge in [0.25, 0.3) is 0 Å².